The Balaban J connectivity index is 2.46. The fourth-order valence-corrected chi connectivity index (χ4v) is 1.31. The first-order valence-electron chi connectivity index (χ1n) is 4.67. The molecule has 6 heteroatoms. The highest BCUT2D eigenvalue weighted by atomic mass is 79.9. The fourth-order valence-electron chi connectivity index (χ4n) is 1.05. The Labute approximate surface area is 105 Å². The standard InChI is InChI=1S/C11H9BrF3NO/c12-9-4-2-8(3-5-9)10(17)16-7-1-6-11(13,14)15/h1-6H,7H2,(H,16,17)/b6-1+. The van der Waals surface area contributed by atoms with Crippen LogP contribution in [0.3, 0.4) is 0 Å². The van der Waals surface area contributed by atoms with Crippen molar-refractivity contribution in [2.24, 2.45) is 0 Å². The Morgan fingerprint density at radius 3 is 2.41 bits per heavy atom. The summed E-state index contributed by atoms with van der Waals surface area (Å²) in [6.07, 6.45) is -3.39. The molecule has 1 aromatic carbocycles. The molecule has 0 saturated carbocycles. The second-order valence-electron chi connectivity index (χ2n) is 3.16. The van der Waals surface area contributed by atoms with Crippen LogP contribution in [0.25, 0.3) is 0 Å². The van der Waals surface area contributed by atoms with Crippen LogP contribution in [-0.2, 0) is 0 Å². The van der Waals surface area contributed by atoms with Gasteiger partial charge in [0.15, 0.2) is 0 Å². The Hall–Kier alpha value is -1.30. The first kappa shape index (κ1) is 13.8. The average Bonchev–Trinajstić information content (AvgIpc) is 2.24. The number of allylic oxidation sites excluding steroid dienone is 1. The van der Waals surface area contributed by atoms with Gasteiger partial charge in [0.25, 0.3) is 5.91 Å². The molecule has 0 saturated heterocycles. The predicted molar refractivity (Wildman–Crippen MR) is 61.7 cm³/mol. The summed E-state index contributed by atoms with van der Waals surface area (Å²) in [7, 11) is 0. The van der Waals surface area contributed by atoms with Gasteiger partial charge in [0.1, 0.15) is 0 Å². The molecule has 0 aliphatic rings. The van der Waals surface area contributed by atoms with Gasteiger partial charge in [-0.1, -0.05) is 22.0 Å². The maximum Gasteiger partial charge on any atom is 0.409 e. The van der Waals surface area contributed by atoms with Crippen molar-refractivity contribution in [1.82, 2.24) is 5.32 Å². The summed E-state index contributed by atoms with van der Waals surface area (Å²) in [6.45, 7) is -0.158. The minimum atomic E-state index is -4.34. The molecule has 0 radical (unpaired) electrons. The van der Waals surface area contributed by atoms with E-state index in [1.165, 1.54) is 0 Å². The molecule has 0 spiro atoms. The Kier molecular flexibility index (Phi) is 4.74. The van der Waals surface area contributed by atoms with E-state index in [0.717, 1.165) is 10.5 Å². The number of amides is 1. The van der Waals surface area contributed by atoms with E-state index < -0.39 is 12.1 Å². The Morgan fingerprint density at radius 2 is 1.88 bits per heavy atom. The smallest absolute Gasteiger partial charge is 0.349 e. The zero-order valence-electron chi connectivity index (χ0n) is 8.59. The van der Waals surface area contributed by atoms with Crippen molar-refractivity contribution in [3.63, 3.8) is 0 Å². The van der Waals surface area contributed by atoms with E-state index in [0.29, 0.717) is 5.56 Å². The quantitative estimate of drug-likeness (QED) is 0.853. The lowest BCUT2D eigenvalue weighted by atomic mass is 10.2. The Morgan fingerprint density at radius 1 is 1.29 bits per heavy atom. The third kappa shape index (κ3) is 5.53. The van der Waals surface area contributed by atoms with Crippen LogP contribution in [0.5, 0.6) is 0 Å². The van der Waals surface area contributed by atoms with Gasteiger partial charge in [-0.2, -0.15) is 13.2 Å². The van der Waals surface area contributed by atoms with Crippen molar-refractivity contribution in [3.05, 3.63) is 46.5 Å². The topological polar surface area (TPSA) is 29.1 Å². The van der Waals surface area contributed by atoms with Crippen LogP contribution in [0.1, 0.15) is 10.4 Å². The Bertz CT molecular complexity index is 412. The van der Waals surface area contributed by atoms with Gasteiger partial charge in [-0.15, -0.1) is 0 Å². The van der Waals surface area contributed by atoms with Crippen molar-refractivity contribution in [3.8, 4) is 0 Å². The third-order valence-corrected chi connectivity index (χ3v) is 2.32. The largest absolute Gasteiger partial charge is 0.409 e. The highest BCUT2D eigenvalue weighted by Crippen LogP contribution is 2.15. The average molecular weight is 308 g/mol. The van der Waals surface area contributed by atoms with Crippen molar-refractivity contribution < 1.29 is 18.0 Å². The van der Waals surface area contributed by atoms with E-state index in [-0.39, 0.29) is 12.6 Å². The number of carbonyl (C=O) groups is 1. The zero-order chi connectivity index (χ0) is 12.9. The first-order valence-corrected chi connectivity index (χ1v) is 5.46. The van der Waals surface area contributed by atoms with Gasteiger partial charge in [-0.05, 0) is 24.3 Å². The van der Waals surface area contributed by atoms with Gasteiger partial charge in [0.05, 0.1) is 0 Å². The molecule has 1 amide bonds. The molecule has 0 aromatic heterocycles. The number of nitrogens with one attached hydrogen (secondary N) is 1. The maximum atomic E-state index is 11.7. The summed E-state index contributed by atoms with van der Waals surface area (Å²) in [4.78, 5) is 11.4. The molecule has 2 nitrogen and oxygen atoms in total. The van der Waals surface area contributed by atoms with E-state index in [1.807, 2.05) is 0 Å². The lowest BCUT2D eigenvalue weighted by Gasteiger charge is -2.02. The number of rotatable bonds is 3. The molecule has 0 fully saturated rings. The molecular weight excluding hydrogens is 299 g/mol. The number of carbonyl (C=O) groups excluding carboxylic acids is 1. The number of benzene rings is 1. The van der Waals surface area contributed by atoms with Gasteiger partial charge in [0.2, 0.25) is 0 Å². The van der Waals surface area contributed by atoms with Crippen LogP contribution in [0.4, 0.5) is 13.2 Å². The number of hydrogen-bond donors (Lipinski definition) is 1. The summed E-state index contributed by atoms with van der Waals surface area (Å²) in [5, 5.41) is 2.35. The molecular formula is C11H9BrF3NO. The lowest BCUT2D eigenvalue weighted by molar-refractivity contribution is -0.0800. The zero-order valence-corrected chi connectivity index (χ0v) is 10.2. The molecule has 1 aromatic rings. The van der Waals surface area contributed by atoms with Gasteiger partial charge >= 0.3 is 6.18 Å². The maximum absolute atomic E-state index is 11.7. The third-order valence-electron chi connectivity index (χ3n) is 1.79. The first-order chi connectivity index (χ1) is 7.88. The molecule has 0 heterocycles. The monoisotopic (exact) mass is 307 g/mol. The van der Waals surface area contributed by atoms with Crippen LogP contribution in [0.2, 0.25) is 0 Å². The van der Waals surface area contributed by atoms with Crippen molar-refractivity contribution in [2.45, 2.75) is 6.18 Å². The lowest BCUT2D eigenvalue weighted by Crippen LogP contribution is -2.23. The highest BCUT2D eigenvalue weighted by Gasteiger charge is 2.21. The van der Waals surface area contributed by atoms with Crippen molar-refractivity contribution >= 4 is 21.8 Å². The van der Waals surface area contributed by atoms with E-state index in [9.17, 15) is 18.0 Å². The van der Waals surface area contributed by atoms with Gasteiger partial charge in [0, 0.05) is 22.7 Å². The highest BCUT2D eigenvalue weighted by molar-refractivity contribution is 9.10. The van der Waals surface area contributed by atoms with Gasteiger partial charge < -0.3 is 5.32 Å². The van der Waals surface area contributed by atoms with Crippen LogP contribution in [-0.4, -0.2) is 18.6 Å². The normalized spacial score (nSPS) is 11.8. The molecule has 0 aliphatic carbocycles. The summed E-state index contributed by atoms with van der Waals surface area (Å²) in [6, 6.07) is 6.51. The van der Waals surface area contributed by atoms with Crippen LogP contribution in [0, 0.1) is 0 Å². The van der Waals surface area contributed by atoms with Crippen molar-refractivity contribution in [1.29, 1.82) is 0 Å². The number of alkyl halides is 3. The summed E-state index contributed by atoms with van der Waals surface area (Å²) >= 11 is 3.21. The number of hydrogen-bond acceptors (Lipinski definition) is 1. The second-order valence-corrected chi connectivity index (χ2v) is 4.08. The predicted octanol–water partition coefficient (Wildman–Crippen LogP) is 3.30. The van der Waals surface area contributed by atoms with E-state index in [1.54, 1.807) is 24.3 Å². The molecule has 0 aliphatic heterocycles. The molecule has 0 atom stereocenters. The second kappa shape index (κ2) is 5.86. The molecule has 0 unspecified atom stereocenters. The molecule has 1 rings (SSSR count). The molecule has 17 heavy (non-hydrogen) atoms. The number of halogens is 4. The summed E-state index contributed by atoms with van der Waals surface area (Å²) < 4.78 is 36.1. The van der Waals surface area contributed by atoms with E-state index in [2.05, 4.69) is 21.2 Å². The fraction of sp³-hybridized carbons (Fsp3) is 0.182. The molecule has 92 valence electrons. The summed E-state index contributed by atoms with van der Waals surface area (Å²) in [5.74, 6) is -0.413. The minimum Gasteiger partial charge on any atom is -0.349 e. The van der Waals surface area contributed by atoms with Crippen molar-refractivity contribution in [2.75, 3.05) is 6.54 Å². The van der Waals surface area contributed by atoms with Crippen LogP contribution < -0.4 is 5.32 Å². The summed E-state index contributed by atoms with van der Waals surface area (Å²) in [5.41, 5.74) is 0.397. The van der Waals surface area contributed by atoms with E-state index >= 15 is 0 Å². The van der Waals surface area contributed by atoms with E-state index in [4.69, 9.17) is 0 Å². The minimum absolute atomic E-state index is 0.0921. The van der Waals surface area contributed by atoms with Gasteiger partial charge in [-0.3, -0.25) is 4.79 Å². The van der Waals surface area contributed by atoms with Crippen LogP contribution >= 0.6 is 15.9 Å². The van der Waals surface area contributed by atoms with Crippen LogP contribution in [0.15, 0.2) is 40.9 Å². The molecule has 0 bridgehead atoms. The molecule has 1 N–H and O–H groups in total. The van der Waals surface area contributed by atoms with Gasteiger partial charge in [-0.25, -0.2) is 0 Å². The SMILES string of the molecule is O=C(NC/C=C/C(F)(F)F)c1ccc(Br)cc1.